The zero-order valence-electron chi connectivity index (χ0n) is 18.3. The molecule has 3 aromatic rings. The molecule has 3 aromatic carbocycles. The lowest BCUT2D eigenvalue weighted by molar-refractivity contribution is 0.392. The van der Waals surface area contributed by atoms with Crippen LogP contribution in [-0.2, 0) is 0 Å². The Morgan fingerprint density at radius 2 is 1.19 bits per heavy atom. The number of hydrogen-bond acceptors (Lipinski definition) is 3. The Labute approximate surface area is 187 Å². The van der Waals surface area contributed by atoms with E-state index in [1.54, 1.807) is 0 Å². The predicted molar refractivity (Wildman–Crippen MR) is 131 cm³/mol. The second-order valence-corrected chi connectivity index (χ2v) is 12.6. The highest BCUT2D eigenvalue weighted by Crippen LogP contribution is 2.48. The Hall–Kier alpha value is -2.65. The van der Waals surface area contributed by atoms with E-state index in [4.69, 9.17) is 0 Å². The maximum Gasteiger partial charge on any atom is 0.451 e. The summed E-state index contributed by atoms with van der Waals surface area (Å²) >= 11 is 0. The first kappa shape index (κ1) is 23.0. The third-order valence-corrected chi connectivity index (χ3v) is 12.4. The van der Waals surface area contributed by atoms with Gasteiger partial charge in [-0.15, -0.1) is 0 Å². The second-order valence-electron chi connectivity index (χ2n) is 8.46. The summed E-state index contributed by atoms with van der Waals surface area (Å²) in [6, 6.07) is 34.2. The summed E-state index contributed by atoms with van der Waals surface area (Å²) in [5.41, 5.74) is 0. The summed E-state index contributed by atoms with van der Waals surface area (Å²) in [4.78, 5) is 0. The van der Waals surface area contributed by atoms with Crippen LogP contribution in [0.1, 0.15) is 26.7 Å². The first-order chi connectivity index (χ1) is 15.0. The van der Waals surface area contributed by atoms with Crippen LogP contribution in [0.4, 0.5) is 0 Å². The molecular formula is C26H30BNO2Si. The lowest BCUT2D eigenvalue weighted by atomic mass is 9.80. The van der Waals surface area contributed by atoms with Gasteiger partial charge in [0.05, 0.1) is 11.1 Å². The molecular weight excluding hydrogens is 397 g/mol. The Morgan fingerprint density at radius 1 is 0.806 bits per heavy atom. The van der Waals surface area contributed by atoms with E-state index >= 15 is 0 Å². The molecule has 3 rings (SSSR count). The van der Waals surface area contributed by atoms with Crippen molar-refractivity contribution in [2.75, 3.05) is 0 Å². The van der Waals surface area contributed by atoms with Gasteiger partial charge in [-0.05, 0) is 34.2 Å². The molecule has 0 fully saturated rings. The van der Waals surface area contributed by atoms with Gasteiger partial charge in [-0.2, -0.15) is 5.26 Å². The topological polar surface area (TPSA) is 64.2 Å². The van der Waals surface area contributed by atoms with Crippen molar-refractivity contribution in [3.8, 4) is 6.07 Å². The van der Waals surface area contributed by atoms with Crippen molar-refractivity contribution in [3.63, 3.8) is 0 Å². The monoisotopic (exact) mass is 427 g/mol. The van der Waals surface area contributed by atoms with Crippen LogP contribution in [0.3, 0.4) is 0 Å². The van der Waals surface area contributed by atoms with Crippen LogP contribution in [0.2, 0.25) is 11.4 Å². The van der Waals surface area contributed by atoms with Gasteiger partial charge in [-0.3, -0.25) is 0 Å². The van der Waals surface area contributed by atoms with Crippen LogP contribution in [0.25, 0.3) is 0 Å². The van der Waals surface area contributed by atoms with Crippen molar-refractivity contribution in [3.05, 3.63) is 91.0 Å². The molecule has 0 aliphatic carbocycles. The minimum absolute atomic E-state index is 0.0700. The Bertz CT molecular complexity index is 894. The largest absolute Gasteiger partial charge is 0.451 e. The van der Waals surface area contributed by atoms with E-state index in [-0.39, 0.29) is 12.2 Å². The van der Waals surface area contributed by atoms with Crippen LogP contribution in [0.5, 0.6) is 0 Å². The van der Waals surface area contributed by atoms with E-state index in [2.05, 4.69) is 92.7 Å². The van der Waals surface area contributed by atoms with Crippen molar-refractivity contribution in [2.45, 2.75) is 38.0 Å². The summed E-state index contributed by atoms with van der Waals surface area (Å²) in [6.45, 7) is 4.27. The summed E-state index contributed by atoms with van der Waals surface area (Å²) < 4.78 is 0. The molecule has 158 valence electrons. The van der Waals surface area contributed by atoms with Crippen molar-refractivity contribution >= 4 is 30.8 Å². The fraction of sp³-hybridized carbons (Fsp3) is 0.269. The van der Waals surface area contributed by atoms with Crippen molar-refractivity contribution < 1.29 is 10.0 Å². The highest BCUT2D eigenvalue weighted by Gasteiger charge is 2.58. The average molecular weight is 427 g/mol. The standard InChI is InChI=1S/C26H30BNO2Si/c1-22(2)26(21-28,19-12-20-27(29)30)31(23-13-6-3-7-14-23,24-15-8-4-9-16-24)25-17-10-5-11-18-25/h3-11,13-18,22,29-30H,12,19-20H2,1-2H3. The lowest BCUT2D eigenvalue weighted by Crippen LogP contribution is -2.74. The Balaban J connectivity index is 2.41. The van der Waals surface area contributed by atoms with Gasteiger partial charge in [-0.25, -0.2) is 0 Å². The minimum atomic E-state index is -2.86. The smallest absolute Gasteiger partial charge is 0.427 e. The Kier molecular flexibility index (Phi) is 7.51. The highest BCUT2D eigenvalue weighted by atomic mass is 28.3. The molecule has 0 spiro atoms. The zero-order chi connectivity index (χ0) is 22.3. The molecule has 0 aromatic heterocycles. The zero-order valence-corrected chi connectivity index (χ0v) is 19.3. The maximum atomic E-state index is 10.9. The first-order valence-electron chi connectivity index (χ1n) is 10.9. The lowest BCUT2D eigenvalue weighted by Gasteiger charge is -2.49. The van der Waals surface area contributed by atoms with Gasteiger partial charge in [0, 0.05) is 0 Å². The fourth-order valence-electron chi connectivity index (χ4n) is 5.08. The molecule has 0 heterocycles. The van der Waals surface area contributed by atoms with Gasteiger partial charge in [0.15, 0.2) is 8.07 Å². The van der Waals surface area contributed by atoms with E-state index in [0.717, 1.165) is 0 Å². The van der Waals surface area contributed by atoms with Gasteiger partial charge in [0.25, 0.3) is 0 Å². The second kappa shape index (κ2) is 10.1. The van der Waals surface area contributed by atoms with Crippen molar-refractivity contribution in [2.24, 2.45) is 5.92 Å². The summed E-state index contributed by atoms with van der Waals surface area (Å²) in [7, 11) is -4.22. The quantitative estimate of drug-likeness (QED) is 0.407. The highest BCUT2D eigenvalue weighted by molar-refractivity contribution is 7.13. The molecule has 2 N–H and O–H groups in total. The fourth-order valence-corrected chi connectivity index (χ4v) is 11.3. The molecule has 5 heteroatoms. The summed E-state index contributed by atoms with van der Waals surface area (Å²) in [5.74, 6) is 0.0700. The van der Waals surface area contributed by atoms with Crippen LogP contribution in [0.15, 0.2) is 91.0 Å². The molecule has 1 atom stereocenters. The first-order valence-corrected chi connectivity index (χ1v) is 12.9. The van der Waals surface area contributed by atoms with Gasteiger partial charge in [0.2, 0.25) is 0 Å². The number of hydrogen-bond donors (Lipinski definition) is 2. The molecule has 1 unspecified atom stereocenters. The normalized spacial score (nSPS) is 13.4. The van der Waals surface area contributed by atoms with Crippen LogP contribution in [-0.4, -0.2) is 25.2 Å². The van der Waals surface area contributed by atoms with Crippen molar-refractivity contribution in [1.29, 1.82) is 5.26 Å². The maximum absolute atomic E-state index is 10.9. The molecule has 0 bridgehead atoms. The average Bonchev–Trinajstić information content (AvgIpc) is 2.80. The SMILES string of the molecule is CC(C)C(C#N)(CCCB(O)O)[Si](c1ccccc1)(c1ccccc1)c1ccccc1. The van der Waals surface area contributed by atoms with Crippen LogP contribution >= 0.6 is 0 Å². The van der Waals surface area contributed by atoms with E-state index in [9.17, 15) is 15.3 Å². The van der Waals surface area contributed by atoms with Crippen molar-refractivity contribution in [1.82, 2.24) is 0 Å². The minimum Gasteiger partial charge on any atom is -0.427 e. The molecule has 31 heavy (non-hydrogen) atoms. The van der Waals surface area contributed by atoms with Gasteiger partial charge in [-0.1, -0.05) is 111 Å². The number of rotatable bonds is 9. The van der Waals surface area contributed by atoms with Gasteiger partial charge < -0.3 is 10.0 Å². The van der Waals surface area contributed by atoms with E-state index < -0.39 is 20.2 Å². The molecule has 0 radical (unpaired) electrons. The number of nitrogens with zero attached hydrogens (tertiary/aromatic N) is 1. The van der Waals surface area contributed by atoms with E-state index in [1.807, 2.05) is 18.2 Å². The molecule has 0 saturated heterocycles. The van der Waals surface area contributed by atoms with Crippen LogP contribution < -0.4 is 15.6 Å². The summed E-state index contributed by atoms with van der Waals surface area (Å²) in [6.07, 6.45) is 1.44. The Morgan fingerprint density at radius 3 is 1.48 bits per heavy atom. The van der Waals surface area contributed by atoms with Crippen LogP contribution in [0, 0.1) is 17.2 Å². The van der Waals surface area contributed by atoms with Gasteiger partial charge >= 0.3 is 7.12 Å². The molecule has 0 saturated carbocycles. The van der Waals surface area contributed by atoms with Gasteiger partial charge in [0.1, 0.15) is 0 Å². The predicted octanol–water partition coefficient (Wildman–Crippen LogP) is 3.33. The number of benzene rings is 3. The van der Waals surface area contributed by atoms with E-state index in [0.29, 0.717) is 12.8 Å². The number of nitriles is 1. The van der Waals surface area contributed by atoms with E-state index in [1.165, 1.54) is 15.6 Å². The summed E-state index contributed by atoms with van der Waals surface area (Å²) in [5, 5.41) is 32.8. The molecule has 0 amide bonds. The third kappa shape index (κ3) is 4.25. The molecule has 3 nitrogen and oxygen atoms in total. The molecule has 0 aliphatic rings. The third-order valence-electron chi connectivity index (χ3n) is 6.51. The molecule has 0 aliphatic heterocycles.